The van der Waals surface area contributed by atoms with E-state index in [1.807, 2.05) is 6.92 Å². The minimum absolute atomic E-state index is 0.342. The maximum absolute atomic E-state index is 6.35. The molecule has 0 radical (unpaired) electrons. The van der Waals surface area contributed by atoms with Gasteiger partial charge in [0.2, 0.25) is 0 Å². The van der Waals surface area contributed by atoms with E-state index in [1.165, 1.54) is 0 Å². The van der Waals surface area contributed by atoms with Gasteiger partial charge < -0.3 is 10.3 Å². The van der Waals surface area contributed by atoms with E-state index in [2.05, 4.69) is 42.5 Å². The molecule has 15 heavy (non-hydrogen) atoms. The summed E-state index contributed by atoms with van der Waals surface area (Å²) in [5.41, 5.74) is 6.00. The van der Waals surface area contributed by atoms with Crippen LogP contribution in [0.3, 0.4) is 0 Å². The van der Waals surface area contributed by atoms with E-state index >= 15 is 0 Å². The molecule has 2 N–H and O–H groups in total. The molecular formula is C11H22N4. The zero-order valence-electron chi connectivity index (χ0n) is 10.4. The SMILES string of the molecule is CCC(N)(CC)c1nnc(C)n1C(C)C. The largest absolute Gasteiger partial charge is 0.319 e. The van der Waals surface area contributed by atoms with Crippen LogP contribution in [0.4, 0.5) is 0 Å². The molecule has 4 heteroatoms. The van der Waals surface area contributed by atoms with Crippen LogP contribution in [0, 0.1) is 6.92 Å². The third kappa shape index (κ3) is 2.04. The van der Waals surface area contributed by atoms with Crippen molar-refractivity contribution in [3.63, 3.8) is 0 Å². The second kappa shape index (κ2) is 4.31. The molecule has 1 aromatic rings. The van der Waals surface area contributed by atoms with Crippen LogP contribution >= 0.6 is 0 Å². The van der Waals surface area contributed by atoms with Crippen molar-refractivity contribution in [2.45, 2.75) is 59.0 Å². The van der Waals surface area contributed by atoms with Gasteiger partial charge in [-0.05, 0) is 33.6 Å². The summed E-state index contributed by atoms with van der Waals surface area (Å²) >= 11 is 0. The van der Waals surface area contributed by atoms with Crippen LogP contribution in [0.25, 0.3) is 0 Å². The smallest absolute Gasteiger partial charge is 0.153 e. The monoisotopic (exact) mass is 210 g/mol. The van der Waals surface area contributed by atoms with Crippen LogP contribution in [0.1, 0.15) is 58.2 Å². The standard InChI is InChI=1S/C11H22N4/c1-6-11(12,7-2)10-14-13-9(5)15(10)8(3)4/h8H,6-7,12H2,1-5H3. The second-order valence-electron chi connectivity index (χ2n) is 4.40. The Hall–Kier alpha value is -0.900. The summed E-state index contributed by atoms with van der Waals surface area (Å²) < 4.78 is 2.13. The molecule has 86 valence electrons. The molecule has 0 atom stereocenters. The first-order valence-electron chi connectivity index (χ1n) is 5.67. The molecule has 0 aliphatic carbocycles. The summed E-state index contributed by atoms with van der Waals surface area (Å²) in [7, 11) is 0. The lowest BCUT2D eigenvalue weighted by Crippen LogP contribution is -2.38. The molecule has 0 aromatic carbocycles. The molecule has 4 nitrogen and oxygen atoms in total. The van der Waals surface area contributed by atoms with Gasteiger partial charge in [0.1, 0.15) is 5.82 Å². The van der Waals surface area contributed by atoms with Crippen LogP contribution in [-0.2, 0) is 5.54 Å². The number of rotatable bonds is 4. The Morgan fingerprint density at radius 1 is 1.27 bits per heavy atom. The predicted octanol–water partition coefficient (Wildman–Crippen LogP) is 2.14. The maximum atomic E-state index is 6.35. The lowest BCUT2D eigenvalue weighted by molar-refractivity contribution is 0.357. The Bertz CT molecular complexity index is 323. The maximum Gasteiger partial charge on any atom is 0.153 e. The molecule has 0 saturated carbocycles. The minimum Gasteiger partial charge on any atom is -0.319 e. The molecule has 0 fully saturated rings. The highest BCUT2D eigenvalue weighted by Gasteiger charge is 2.30. The summed E-state index contributed by atoms with van der Waals surface area (Å²) in [5.74, 6) is 1.86. The van der Waals surface area contributed by atoms with E-state index in [1.54, 1.807) is 0 Å². The van der Waals surface area contributed by atoms with Crippen LogP contribution in [0.15, 0.2) is 0 Å². The number of hydrogen-bond donors (Lipinski definition) is 1. The third-order valence-corrected chi connectivity index (χ3v) is 3.09. The van der Waals surface area contributed by atoms with E-state index in [0.29, 0.717) is 6.04 Å². The van der Waals surface area contributed by atoms with Gasteiger partial charge in [0.15, 0.2) is 5.82 Å². The Kier molecular flexibility index (Phi) is 3.50. The molecule has 0 aliphatic heterocycles. The summed E-state index contributed by atoms with van der Waals surface area (Å²) in [4.78, 5) is 0. The molecule has 0 amide bonds. The van der Waals surface area contributed by atoms with E-state index in [-0.39, 0.29) is 5.54 Å². The van der Waals surface area contributed by atoms with Crippen LogP contribution in [0.5, 0.6) is 0 Å². The van der Waals surface area contributed by atoms with Crippen molar-refractivity contribution < 1.29 is 0 Å². The molecule has 0 bridgehead atoms. The molecule has 1 aromatic heterocycles. The minimum atomic E-state index is -0.342. The average Bonchev–Trinajstić information content (AvgIpc) is 2.59. The summed E-state index contributed by atoms with van der Waals surface area (Å²) in [5, 5.41) is 8.37. The van der Waals surface area contributed by atoms with Crippen molar-refractivity contribution in [1.29, 1.82) is 0 Å². The fourth-order valence-corrected chi connectivity index (χ4v) is 1.89. The van der Waals surface area contributed by atoms with E-state index in [0.717, 1.165) is 24.5 Å². The van der Waals surface area contributed by atoms with Gasteiger partial charge in [-0.3, -0.25) is 0 Å². The van der Waals surface area contributed by atoms with Gasteiger partial charge in [0, 0.05) is 6.04 Å². The van der Waals surface area contributed by atoms with Crippen molar-refractivity contribution >= 4 is 0 Å². The van der Waals surface area contributed by atoms with Crippen molar-refractivity contribution in [2.75, 3.05) is 0 Å². The number of nitrogens with zero attached hydrogens (tertiary/aromatic N) is 3. The highest BCUT2D eigenvalue weighted by atomic mass is 15.3. The van der Waals surface area contributed by atoms with Gasteiger partial charge in [-0.25, -0.2) is 0 Å². The summed E-state index contributed by atoms with van der Waals surface area (Å²) in [6.45, 7) is 10.4. The second-order valence-corrected chi connectivity index (χ2v) is 4.40. The summed E-state index contributed by atoms with van der Waals surface area (Å²) in [6, 6.07) is 0.357. The first kappa shape index (κ1) is 12.2. The predicted molar refractivity (Wildman–Crippen MR) is 61.6 cm³/mol. The normalized spacial score (nSPS) is 12.5. The number of aryl methyl sites for hydroxylation is 1. The van der Waals surface area contributed by atoms with Gasteiger partial charge in [0.25, 0.3) is 0 Å². The molecule has 0 unspecified atom stereocenters. The quantitative estimate of drug-likeness (QED) is 0.828. The van der Waals surface area contributed by atoms with Crippen molar-refractivity contribution in [2.24, 2.45) is 5.73 Å². The number of aromatic nitrogens is 3. The summed E-state index contributed by atoms with van der Waals surface area (Å²) in [6.07, 6.45) is 1.77. The van der Waals surface area contributed by atoms with Gasteiger partial charge in [0.05, 0.1) is 5.54 Å². The number of nitrogens with two attached hydrogens (primary N) is 1. The lowest BCUT2D eigenvalue weighted by Gasteiger charge is -2.27. The lowest BCUT2D eigenvalue weighted by atomic mass is 9.93. The van der Waals surface area contributed by atoms with Crippen LogP contribution < -0.4 is 5.73 Å². The van der Waals surface area contributed by atoms with E-state index < -0.39 is 0 Å². The van der Waals surface area contributed by atoms with Gasteiger partial charge in [-0.15, -0.1) is 10.2 Å². The van der Waals surface area contributed by atoms with Gasteiger partial charge in [-0.1, -0.05) is 13.8 Å². The highest BCUT2D eigenvalue weighted by Crippen LogP contribution is 2.26. The third-order valence-electron chi connectivity index (χ3n) is 3.09. The first-order valence-corrected chi connectivity index (χ1v) is 5.67. The molecule has 1 heterocycles. The first-order chi connectivity index (χ1) is 6.96. The topological polar surface area (TPSA) is 56.7 Å². The Morgan fingerprint density at radius 2 is 1.80 bits per heavy atom. The molecular weight excluding hydrogens is 188 g/mol. The number of hydrogen-bond acceptors (Lipinski definition) is 3. The Balaban J connectivity index is 3.24. The van der Waals surface area contributed by atoms with Crippen molar-refractivity contribution in [1.82, 2.24) is 14.8 Å². The molecule has 0 saturated heterocycles. The Morgan fingerprint density at radius 3 is 2.20 bits per heavy atom. The molecule has 1 rings (SSSR count). The molecule has 0 aliphatic rings. The average molecular weight is 210 g/mol. The zero-order chi connectivity index (χ0) is 11.6. The van der Waals surface area contributed by atoms with E-state index in [4.69, 9.17) is 5.73 Å². The van der Waals surface area contributed by atoms with Crippen molar-refractivity contribution in [3.05, 3.63) is 11.6 Å². The highest BCUT2D eigenvalue weighted by molar-refractivity contribution is 5.08. The van der Waals surface area contributed by atoms with Crippen molar-refractivity contribution in [3.8, 4) is 0 Å². The van der Waals surface area contributed by atoms with E-state index in [9.17, 15) is 0 Å². The van der Waals surface area contributed by atoms with Crippen LogP contribution in [0.2, 0.25) is 0 Å². The van der Waals surface area contributed by atoms with Gasteiger partial charge in [-0.2, -0.15) is 0 Å². The zero-order valence-corrected chi connectivity index (χ0v) is 10.4. The fraction of sp³-hybridized carbons (Fsp3) is 0.818. The van der Waals surface area contributed by atoms with Crippen LogP contribution in [-0.4, -0.2) is 14.8 Å². The molecule has 0 spiro atoms. The fourth-order valence-electron chi connectivity index (χ4n) is 1.89. The van der Waals surface area contributed by atoms with Gasteiger partial charge >= 0.3 is 0 Å². The Labute approximate surface area is 91.9 Å².